The molecule has 1 heteroatoms. The van der Waals surface area contributed by atoms with Gasteiger partial charge in [-0.25, -0.2) is 0 Å². The van der Waals surface area contributed by atoms with Gasteiger partial charge in [-0.1, -0.05) is 103 Å². The predicted octanol–water partition coefficient (Wildman–Crippen LogP) is 9.95. The van der Waals surface area contributed by atoms with E-state index in [1.165, 1.54) is 38.6 Å². The fourth-order valence-corrected chi connectivity index (χ4v) is 4.84. The van der Waals surface area contributed by atoms with Crippen LogP contribution in [0.15, 0.2) is 146 Å². The minimum absolute atomic E-state index is 1.14. The average Bonchev–Trinajstić information content (AvgIpc) is 2.95. The van der Waals surface area contributed by atoms with E-state index >= 15 is 0 Å². The van der Waals surface area contributed by atoms with E-state index in [4.69, 9.17) is 0 Å². The lowest BCUT2D eigenvalue weighted by molar-refractivity contribution is 1.27. The zero-order valence-corrected chi connectivity index (χ0v) is 20.3. The third kappa shape index (κ3) is 4.28. The van der Waals surface area contributed by atoms with E-state index in [0.717, 1.165) is 17.1 Å². The van der Waals surface area contributed by atoms with E-state index in [2.05, 4.69) is 157 Å². The summed E-state index contributed by atoms with van der Waals surface area (Å²) in [6.45, 7) is 2.12. The average molecular weight is 462 g/mol. The minimum atomic E-state index is 1.14. The molecule has 0 aliphatic rings. The van der Waals surface area contributed by atoms with Gasteiger partial charge >= 0.3 is 0 Å². The van der Waals surface area contributed by atoms with E-state index in [1.807, 2.05) is 0 Å². The molecule has 0 fully saturated rings. The molecular weight excluding hydrogens is 434 g/mol. The second-order valence-electron chi connectivity index (χ2n) is 9.16. The Balaban J connectivity index is 1.47. The molecule has 36 heavy (non-hydrogen) atoms. The molecule has 0 saturated heterocycles. The van der Waals surface area contributed by atoms with E-state index in [1.54, 1.807) is 0 Å². The van der Waals surface area contributed by atoms with Crippen molar-refractivity contribution in [1.29, 1.82) is 0 Å². The van der Waals surface area contributed by atoms with Gasteiger partial charge in [-0.15, -0.1) is 0 Å². The first-order valence-electron chi connectivity index (χ1n) is 12.4. The maximum absolute atomic E-state index is 2.32. The van der Waals surface area contributed by atoms with Gasteiger partial charge in [0.15, 0.2) is 0 Å². The molecule has 0 N–H and O–H groups in total. The van der Waals surface area contributed by atoms with Gasteiger partial charge in [-0.2, -0.15) is 0 Å². The van der Waals surface area contributed by atoms with Gasteiger partial charge in [0.05, 0.1) is 0 Å². The molecule has 0 atom stereocenters. The van der Waals surface area contributed by atoms with E-state index < -0.39 is 0 Å². The molecule has 0 unspecified atom stereocenters. The Hall–Kier alpha value is -4.62. The van der Waals surface area contributed by atoms with Crippen LogP contribution in [-0.2, 0) is 0 Å². The van der Waals surface area contributed by atoms with Gasteiger partial charge in [0, 0.05) is 17.1 Å². The molecule has 172 valence electrons. The number of anilines is 3. The molecule has 0 heterocycles. The molecule has 0 aromatic heterocycles. The maximum atomic E-state index is 2.32. The van der Waals surface area contributed by atoms with Crippen molar-refractivity contribution in [3.05, 3.63) is 151 Å². The van der Waals surface area contributed by atoms with Crippen LogP contribution >= 0.6 is 0 Å². The number of hydrogen-bond donors (Lipinski definition) is 0. The first kappa shape index (κ1) is 21.9. The summed E-state index contributed by atoms with van der Waals surface area (Å²) in [6, 6.07) is 52.1. The van der Waals surface area contributed by atoms with Gasteiger partial charge in [0.25, 0.3) is 0 Å². The molecule has 6 aromatic rings. The number of nitrogens with zero attached hydrogens (tertiary/aromatic N) is 1. The Morgan fingerprint density at radius 2 is 0.806 bits per heavy atom. The van der Waals surface area contributed by atoms with Gasteiger partial charge in [0.2, 0.25) is 0 Å². The number of benzene rings is 6. The van der Waals surface area contributed by atoms with Crippen molar-refractivity contribution in [2.24, 2.45) is 0 Å². The number of aryl methyl sites for hydroxylation is 1. The maximum Gasteiger partial charge on any atom is 0.0462 e. The van der Waals surface area contributed by atoms with E-state index in [9.17, 15) is 0 Å². The number of hydrogen-bond acceptors (Lipinski definition) is 1. The largest absolute Gasteiger partial charge is 0.311 e. The van der Waals surface area contributed by atoms with Gasteiger partial charge < -0.3 is 4.90 Å². The fourth-order valence-electron chi connectivity index (χ4n) is 4.84. The summed E-state index contributed by atoms with van der Waals surface area (Å²) in [7, 11) is 0. The van der Waals surface area contributed by atoms with Crippen molar-refractivity contribution >= 4 is 27.8 Å². The van der Waals surface area contributed by atoms with Crippen LogP contribution in [0.25, 0.3) is 33.0 Å². The zero-order chi connectivity index (χ0) is 24.3. The summed E-state index contributed by atoms with van der Waals surface area (Å²) in [5.74, 6) is 0. The van der Waals surface area contributed by atoms with Crippen molar-refractivity contribution < 1.29 is 0 Å². The minimum Gasteiger partial charge on any atom is -0.311 e. The lowest BCUT2D eigenvalue weighted by atomic mass is 9.91. The summed E-state index contributed by atoms with van der Waals surface area (Å²) in [5.41, 5.74) is 9.62. The SMILES string of the molecule is Cc1ccc(N(c2ccccc2)c2ccc(-c3cc4ccccc4cc3-c3ccccc3)cc2)cc1. The number of fused-ring (bicyclic) bond motifs is 1. The molecule has 0 aliphatic heterocycles. The molecule has 0 spiro atoms. The highest BCUT2D eigenvalue weighted by Crippen LogP contribution is 2.39. The lowest BCUT2D eigenvalue weighted by Crippen LogP contribution is -2.09. The van der Waals surface area contributed by atoms with Crippen molar-refractivity contribution in [3.8, 4) is 22.3 Å². The van der Waals surface area contributed by atoms with Gasteiger partial charge in [-0.05, 0) is 88.5 Å². The second kappa shape index (κ2) is 9.56. The highest BCUT2D eigenvalue weighted by molar-refractivity contribution is 5.96. The van der Waals surface area contributed by atoms with Crippen LogP contribution in [0.2, 0.25) is 0 Å². The zero-order valence-electron chi connectivity index (χ0n) is 20.3. The molecule has 0 bridgehead atoms. The second-order valence-corrected chi connectivity index (χ2v) is 9.16. The molecule has 0 amide bonds. The Labute approximate surface area is 212 Å². The van der Waals surface area contributed by atoms with Crippen LogP contribution in [-0.4, -0.2) is 0 Å². The Morgan fingerprint density at radius 3 is 1.36 bits per heavy atom. The normalized spacial score (nSPS) is 10.9. The lowest BCUT2D eigenvalue weighted by Gasteiger charge is -2.26. The molecule has 0 radical (unpaired) electrons. The highest BCUT2D eigenvalue weighted by Gasteiger charge is 2.14. The van der Waals surface area contributed by atoms with Crippen molar-refractivity contribution in [2.45, 2.75) is 6.92 Å². The van der Waals surface area contributed by atoms with E-state index in [0.29, 0.717) is 0 Å². The third-order valence-corrected chi connectivity index (χ3v) is 6.71. The summed E-state index contributed by atoms with van der Waals surface area (Å²) in [5, 5.41) is 2.51. The van der Waals surface area contributed by atoms with E-state index in [-0.39, 0.29) is 0 Å². The quantitative estimate of drug-likeness (QED) is 0.247. The molecule has 0 aliphatic carbocycles. The smallest absolute Gasteiger partial charge is 0.0462 e. The highest BCUT2D eigenvalue weighted by atomic mass is 15.1. The van der Waals surface area contributed by atoms with Crippen molar-refractivity contribution in [1.82, 2.24) is 0 Å². The summed E-state index contributed by atoms with van der Waals surface area (Å²) >= 11 is 0. The van der Waals surface area contributed by atoms with Crippen LogP contribution < -0.4 is 4.90 Å². The Morgan fingerprint density at radius 1 is 0.389 bits per heavy atom. The van der Waals surface area contributed by atoms with Gasteiger partial charge in [-0.3, -0.25) is 0 Å². The fraction of sp³-hybridized carbons (Fsp3) is 0.0286. The Bertz CT molecular complexity index is 1600. The van der Waals surface area contributed by atoms with Crippen LogP contribution in [0.3, 0.4) is 0 Å². The number of para-hydroxylation sites is 1. The van der Waals surface area contributed by atoms with Crippen molar-refractivity contribution in [3.63, 3.8) is 0 Å². The topological polar surface area (TPSA) is 3.24 Å². The molecule has 6 aromatic carbocycles. The molecule has 1 nitrogen and oxygen atoms in total. The Kier molecular flexibility index (Phi) is 5.81. The molecule has 6 rings (SSSR count). The monoisotopic (exact) mass is 461 g/mol. The molecule has 0 saturated carbocycles. The number of rotatable bonds is 5. The third-order valence-electron chi connectivity index (χ3n) is 6.71. The molecular formula is C35H27N. The van der Waals surface area contributed by atoms with Crippen LogP contribution in [0.4, 0.5) is 17.1 Å². The van der Waals surface area contributed by atoms with Gasteiger partial charge in [0.1, 0.15) is 0 Å². The summed E-state index contributed by atoms with van der Waals surface area (Å²) in [4.78, 5) is 2.31. The predicted molar refractivity (Wildman–Crippen MR) is 154 cm³/mol. The van der Waals surface area contributed by atoms with Crippen molar-refractivity contribution in [2.75, 3.05) is 4.90 Å². The summed E-state index contributed by atoms with van der Waals surface area (Å²) < 4.78 is 0. The van der Waals surface area contributed by atoms with Crippen LogP contribution in [0.1, 0.15) is 5.56 Å². The summed E-state index contributed by atoms with van der Waals surface area (Å²) in [6.07, 6.45) is 0. The first-order valence-corrected chi connectivity index (χ1v) is 12.4. The standard InChI is InChI=1S/C35H27N/c1-26-16-20-32(21-17-26)36(31-14-6-3-7-15-31)33-22-18-28(19-23-33)35-25-30-13-9-8-12-29(30)24-34(35)27-10-4-2-5-11-27/h2-25H,1H3. The van der Waals surface area contributed by atoms with Crippen LogP contribution in [0.5, 0.6) is 0 Å². The first-order chi connectivity index (χ1) is 17.8. The van der Waals surface area contributed by atoms with Crippen LogP contribution in [0, 0.1) is 6.92 Å².